The van der Waals surface area contributed by atoms with Crippen LogP contribution in [0.5, 0.6) is 17.2 Å². The van der Waals surface area contributed by atoms with Crippen LogP contribution < -0.4 is 30.2 Å². The van der Waals surface area contributed by atoms with Crippen molar-refractivity contribution in [3.05, 3.63) is 17.7 Å². The maximum atomic E-state index is 12.6. The number of rotatable bonds is 5. The number of amides is 2. The minimum atomic E-state index is -0.149. The van der Waals surface area contributed by atoms with E-state index in [2.05, 4.69) is 28.1 Å². The Labute approximate surface area is 254 Å². The van der Waals surface area contributed by atoms with Crippen LogP contribution in [0, 0.1) is 5.92 Å². The molecule has 1 aromatic carbocycles. The molecule has 2 amide bonds. The first-order valence-electron chi connectivity index (χ1n) is 13.8. The quantitative estimate of drug-likeness (QED) is 0.523. The van der Waals surface area contributed by atoms with E-state index in [0.29, 0.717) is 55.9 Å². The van der Waals surface area contributed by atoms with E-state index in [1.54, 1.807) is 26.2 Å². The number of benzene rings is 1. The second-order valence-corrected chi connectivity index (χ2v) is 10.1. The summed E-state index contributed by atoms with van der Waals surface area (Å²) < 4.78 is 17.0. The number of anilines is 1. The van der Waals surface area contributed by atoms with E-state index in [9.17, 15) is 9.59 Å². The minimum Gasteiger partial charge on any atom is -0.493 e. The molecule has 41 heavy (non-hydrogen) atoms. The monoisotopic (exact) mass is 614 g/mol. The second kappa shape index (κ2) is 16.1. The van der Waals surface area contributed by atoms with Gasteiger partial charge in [-0.1, -0.05) is 6.92 Å². The molecule has 1 aromatic heterocycles. The lowest BCUT2D eigenvalue weighted by atomic mass is 9.97. The summed E-state index contributed by atoms with van der Waals surface area (Å²) in [6.45, 7) is 7.27. The number of pyridine rings is 1. The molecule has 11 nitrogen and oxygen atoms in total. The Morgan fingerprint density at radius 3 is 2.49 bits per heavy atom. The summed E-state index contributed by atoms with van der Waals surface area (Å²) in [5, 5.41) is 3.94. The summed E-state index contributed by atoms with van der Waals surface area (Å²) in [6, 6.07) is 4.04. The highest BCUT2D eigenvalue weighted by atomic mass is 35.5. The predicted octanol–water partition coefficient (Wildman–Crippen LogP) is 2.45. The Morgan fingerprint density at radius 2 is 1.83 bits per heavy atom. The van der Waals surface area contributed by atoms with Gasteiger partial charge >= 0.3 is 0 Å². The van der Waals surface area contributed by atoms with Crippen LogP contribution in [0.25, 0.3) is 10.9 Å². The van der Waals surface area contributed by atoms with Gasteiger partial charge in [0.15, 0.2) is 11.5 Å². The largest absolute Gasteiger partial charge is 0.493 e. The van der Waals surface area contributed by atoms with Gasteiger partial charge in [0.1, 0.15) is 5.82 Å². The minimum absolute atomic E-state index is 0. The first-order chi connectivity index (χ1) is 18.9. The number of likely N-dealkylation sites (N-methyl/N-ethyl adjacent to an activating group) is 1. The highest BCUT2D eigenvalue weighted by molar-refractivity contribution is 5.92. The van der Waals surface area contributed by atoms with Crippen molar-refractivity contribution in [3.8, 4) is 17.2 Å². The molecule has 2 bridgehead atoms. The predicted molar refractivity (Wildman–Crippen MR) is 165 cm³/mol. The number of carbonyl (C=O) groups excluding carboxylic acids is 2. The molecule has 0 spiro atoms. The first-order valence-corrected chi connectivity index (χ1v) is 13.8. The lowest BCUT2D eigenvalue weighted by molar-refractivity contribution is -0.130. The van der Waals surface area contributed by atoms with Crippen molar-refractivity contribution < 1.29 is 23.8 Å². The third kappa shape index (κ3) is 7.97. The van der Waals surface area contributed by atoms with Crippen molar-refractivity contribution >= 4 is 53.3 Å². The molecule has 4 rings (SSSR count). The zero-order chi connectivity index (χ0) is 27.9. The van der Waals surface area contributed by atoms with Gasteiger partial charge in [0.2, 0.25) is 17.6 Å². The summed E-state index contributed by atoms with van der Waals surface area (Å²) in [5.74, 6) is 2.72. The van der Waals surface area contributed by atoms with Gasteiger partial charge in [-0.15, -0.1) is 24.8 Å². The number of aromatic nitrogens is 1. The molecule has 1 atom stereocenters. The summed E-state index contributed by atoms with van der Waals surface area (Å²) in [5.41, 5.74) is 7.52. The average molecular weight is 616 g/mol. The Balaban J connectivity index is 0.00000294. The number of carbonyl (C=O) groups is 2. The maximum Gasteiger partial charge on any atom is 0.236 e. The molecule has 2 aliphatic rings. The summed E-state index contributed by atoms with van der Waals surface area (Å²) >= 11 is 0. The zero-order valence-electron chi connectivity index (χ0n) is 24.4. The Kier molecular flexibility index (Phi) is 13.5. The molecule has 230 valence electrons. The van der Waals surface area contributed by atoms with Gasteiger partial charge in [-0.3, -0.25) is 14.5 Å². The van der Waals surface area contributed by atoms with Crippen molar-refractivity contribution in [1.29, 1.82) is 0 Å². The van der Waals surface area contributed by atoms with Crippen LogP contribution >= 0.6 is 24.8 Å². The van der Waals surface area contributed by atoms with E-state index in [0.717, 1.165) is 54.8 Å². The molecule has 0 aliphatic carbocycles. The van der Waals surface area contributed by atoms with Gasteiger partial charge in [-0.25, -0.2) is 4.98 Å². The first kappa shape index (κ1) is 34.5. The van der Waals surface area contributed by atoms with E-state index < -0.39 is 0 Å². The number of fused-ring (bicyclic) bond motifs is 5. The molecule has 1 fully saturated rings. The van der Waals surface area contributed by atoms with Gasteiger partial charge < -0.3 is 35.1 Å². The standard InChI is InChI=1S/C28H42N6O5.2ClH/c1-5-32-11-12-33(25(36)15-29)10-8-24(35)30-16-19-7-6-9-34(17-19)28-20(18-32)13-21-22(31-28)14-23(37-2)27(39-4)26(21)38-3;;/h13-14,19H,5-12,15-18,29H2,1-4H3,(H,30,35);2*1H. The molecule has 2 aromatic rings. The summed E-state index contributed by atoms with van der Waals surface area (Å²) in [7, 11) is 4.82. The van der Waals surface area contributed by atoms with Crippen LogP contribution in [0.4, 0.5) is 5.82 Å². The fraction of sp³-hybridized carbons (Fsp3) is 0.607. The van der Waals surface area contributed by atoms with E-state index in [1.807, 2.05) is 6.07 Å². The normalized spacial score (nSPS) is 18.6. The number of nitrogens with zero attached hydrogens (tertiary/aromatic N) is 4. The number of nitrogens with two attached hydrogens (primary N) is 1. The molecule has 2 aliphatic heterocycles. The number of ether oxygens (including phenoxy) is 3. The number of piperidine rings is 1. The van der Waals surface area contributed by atoms with Gasteiger partial charge in [-0.2, -0.15) is 0 Å². The molecule has 3 N–H and O–H groups in total. The molecule has 13 heteroatoms. The molecule has 1 saturated heterocycles. The topological polar surface area (TPSA) is 122 Å². The highest BCUT2D eigenvalue weighted by Crippen LogP contribution is 2.44. The molecule has 0 radical (unpaired) electrons. The van der Waals surface area contributed by atoms with Crippen molar-refractivity contribution in [3.63, 3.8) is 0 Å². The number of hydrogen-bond donors (Lipinski definition) is 2. The lowest BCUT2D eigenvalue weighted by Crippen LogP contribution is -2.43. The summed E-state index contributed by atoms with van der Waals surface area (Å²) in [6.07, 6.45) is 2.33. The maximum absolute atomic E-state index is 12.6. The van der Waals surface area contributed by atoms with E-state index in [1.165, 1.54) is 0 Å². The van der Waals surface area contributed by atoms with Crippen LogP contribution in [0.3, 0.4) is 0 Å². The van der Waals surface area contributed by atoms with Crippen LogP contribution in [0.1, 0.15) is 31.7 Å². The molecule has 3 heterocycles. The number of hydrogen-bond acceptors (Lipinski definition) is 9. The van der Waals surface area contributed by atoms with Crippen molar-refractivity contribution in [2.45, 2.75) is 32.7 Å². The third-order valence-electron chi connectivity index (χ3n) is 7.75. The number of methoxy groups -OCH3 is 3. The van der Waals surface area contributed by atoms with Crippen molar-refractivity contribution in [1.82, 2.24) is 20.1 Å². The van der Waals surface area contributed by atoms with Crippen LogP contribution in [-0.4, -0.2) is 100 Å². The molecular formula is C28H44Cl2N6O5. The van der Waals surface area contributed by atoms with Gasteiger partial charge in [-0.05, 0) is 31.4 Å². The van der Waals surface area contributed by atoms with E-state index in [4.69, 9.17) is 24.9 Å². The average Bonchev–Trinajstić information content (AvgIpc) is 2.97. The smallest absolute Gasteiger partial charge is 0.236 e. The van der Waals surface area contributed by atoms with Crippen LogP contribution in [-0.2, 0) is 16.1 Å². The van der Waals surface area contributed by atoms with Crippen molar-refractivity contribution in [2.24, 2.45) is 11.7 Å². The fourth-order valence-corrected chi connectivity index (χ4v) is 5.56. The Morgan fingerprint density at radius 1 is 1.07 bits per heavy atom. The fourth-order valence-electron chi connectivity index (χ4n) is 5.56. The summed E-state index contributed by atoms with van der Waals surface area (Å²) in [4.78, 5) is 36.7. The lowest BCUT2D eigenvalue weighted by Gasteiger charge is -2.35. The van der Waals surface area contributed by atoms with Crippen LogP contribution in [0.15, 0.2) is 12.1 Å². The van der Waals surface area contributed by atoms with Crippen LogP contribution in [0.2, 0.25) is 0 Å². The second-order valence-electron chi connectivity index (χ2n) is 10.1. The SMILES string of the molecule is CCN1CCN(C(=O)CN)CCC(=O)NCC2CCCN(C2)c2nc3cc(OC)c(OC)c(OC)c3cc2C1.Cl.Cl. The Hall–Kier alpha value is -2.73. The van der Waals surface area contributed by atoms with E-state index in [-0.39, 0.29) is 49.6 Å². The number of nitrogens with one attached hydrogen (secondary N) is 1. The third-order valence-corrected chi connectivity index (χ3v) is 7.75. The zero-order valence-corrected chi connectivity index (χ0v) is 26.1. The van der Waals surface area contributed by atoms with E-state index >= 15 is 0 Å². The number of halogens is 2. The van der Waals surface area contributed by atoms with Gasteiger partial charge in [0.05, 0.1) is 33.4 Å². The molecule has 0 saturated carbocycles. The van der Waals surface area contributed by atoms with Crippen molar-refractivity contribution in [2.75, 3.05) is 78.6 Å². The van der Waals surface area contributed by atoms with Gasteiger partial charge in [0, 0.05) is 69.3 Å². The highest BCUT2D eigenvalue weighted by Gasteiger charge is 2.27. The molecular weight excluding hydrogens is 571 g/mol. The molecule has 1 unspecified atom stereocenters. The Bertz CT molecular complexity index is 1190. The van der Waals surface area contributed by atoms with Gasteiger partial charge in [0.25, 0.3) is 0 Å².